The van der Waals surface area contributed by atoms with Crippen molar-refractivity contribution in [1.82, 2.24) is 9.80 Å². The maximum atomic E-state index is 9.16. The fraction of sp³-hybridized carbons (Fsp3) is 0.519. The summed E-state index contributed by atoms with van der Waals surface area (Å²) in [5.41, 5.74) is 4.91. The summed E-state index contributed by atoms with van der Waals surface area (Å²) in [6.07, 6.45) is 7.71. The minimum Gasteiger partial charge on any atom is -0.494 e. The molecule has 4 nitrogen and oxygen atoms in total. The number of nitriles is 1. The molecule has 0 saturated carbocycles. The van der Waals surface area contributed by atoms with Gasteiger partial charge >= 0.3 is 0 Å². The third-order valence-corrected chi connectivity index (χ3v) is 7.35. The molecule has 0 N–H and O–H groups in total. The van der Waals surface area contributed by atoms with Crippen molar-refractivity contribution in [2.75, 3.05) is 39.3 Å². The van der Waals surface area contributed by atoms with Crippen LogP contribution in [0.4, 0.5) is 0 Å². The molecule has 2 fully saturated rings. The zero-order chi connectivity index (χ0) is 21.0. The van der Waals surface area contributed by atoms with Gasteiger partial charge in [0.25, 0.3) is 0 Å². The van der Waals surface area contributed by atoms with Crippen molar-refractivity contribution < 1.29 is 4.74 Å². The molecule has 2 saturated heterocycles. The lowest BCUT2D eigenvalue weighted by Gasteiger charge is -2.37. The van der Waals surface area contributed by atoms with Crippen LogP contribution in [0.3, 0.4) is 0 Å². The van der Waals surface area contributed by atoms with Gasteiger partial charge in [-0.2, -0.15) is 5.26 Å². The Bertz CT molecular complexity index is 926. The van der Waals surface area contributed by atoms with Gasteiger partial charge in [-0.05, 0) is 92.7 Å². The summed E-state index contributed by atoms with van der Waals surface area (Å²) in [6.45, 7) is 6.68. The van der Waals surface area contributed by atoms with Gasteiger partial charge in [0, 0.05) is 25.0 Å². The second-order valence-electron chi connectivity index (χ2n) is 9.33. The van der Waals surface area contributed by atoms with E-state index in [1.54, 1.807) is 0 Å². The Kier molecular flexibility index (Phi) is 6.25. The van der Waals surface area contributed by atoms with Gasteiger partial charge < -0.3 is 9.64 Å². The largest absolute Gasteiger partial charge is 0.494 e. The fourth-order valence-electron chi connectivity index (χ4n) is 5.71. The third-order valence-electron chi connectivity index (χ3n) is 7.35. The van der Waals surface area contributed by atoms with Crippen LogP contribution < -0.4 is 4.74 Å². The van der Waals surface area contributed by atoms with Gasteiger partial charge in [-0.1, -0.05) is 24.6 Å². The average Bonchev–Trinajstić information content (AvgIpc) is 3.31. The third kappa shape index (κ3) is 4.49. The first-order chi connectivity index (χ1) is 15.3. The smallest absolute Gasteiger partial charge is 0.119 e. The number of nitrogens with zero attached hydrogens (tertiary/aromatic N) is 3. The first-order valence-corrected chi connectivity index (χ1v) is 12.0. The topological polar surface area (TPSA) is 39.5 Å². The zero-order valence-corrected chi connectivity index (χ0v) is 18.4. The Balaban J connectivity index is 1.31. The number of hydrogen-bond donors (Lipinski definition) is 0. The van der Waals surface area contributed by atoms with Crippen molar-refractivity contribution in [3.05, 3.63) is 64.7 Å². The number of fused-ring (bicyclic) bond motifs is 3. The van der Waals surface area contributed by atoms with Crippen molar-refractivity contribution in [3.63, 3.8) is 0 Å². The van der Waals surface area contributed by atoms with E-state index in [0.717, 1.165) is 37.4 Å². The Morgan fingerprint density at radius 2 is 1.77 bits per heavy atom. The number of rotatable bonds is 6. The van der Waals surface area contributed by atoms with E-state index in [-0.39, 0.29) is 0 Å². The molecule has 0 radical (unpaired) electrons. The highest BCUT2D eigenvalue weighted by Gasteiger charge is 2.36. The molecule has 3 aliphatic rings. The average molecular weight is 416 g/mol. The quantitative estimate of drug-likeness (QED) is 0.616. The van der Waals surface area contributed by atoms with Crippen LogP contribution in [-0.4, -0.2) is 49.1 Å². The molecule has 2 aromatic carbocycles. The minimum absolute atomic E-state index is 0.342. The molecule has 4 heteroatoms. The Labute approximate surface area is 186 Å². The predicted octanol–water partition coefficient (Wildman–Crippen LogP) is 5.10. The lowest BCUT2D eigenvalue weighted by Crippen LogP contribution is -2.34. The molecule has 2 aromatic rings. The highest BCUT2D eigenvalue weighted by Crippen LogP contribution is 2.45. The lowest BCUT2D eigenvalue weighted by atomic mass is 9.81. The van der Waals surface area contributed by atoms with Gasteiger partial charge in [0.15, 0.2) is 0 Å². The van der Waals surface area contributed by atoms with Gasteiger partial charge in [0.1, 0.15) is 5.75 Å². The van der Waals surface area contributed by atoms with E-state index in [0.29, 0.717) is 12.0 Å². The summed E-state index contributed by atoms with van der Waals surface area (Å²) in [7, 11) is 0. The van der Waals surface area contributed by atoms with Crippen molar-refractivity contribution in [1.29, 1.82) is 5.26 Å². The molecule has 0 aromatic heterocycles. The molecule has 0 unspecified atom stereocenters. The standard InChI is InChI=1S/C27H33N3O/c28-19-21-7-9-22(10-8-21)26-20-30-16-4-6-27(30)24-12-11-23(18-25(24)26)31-17-5-15-29-13-2-1-3-14-29/h7-12,18,26-27H,1-6,13-17,20H2/t26-,27-/m1/s1. The first kappa shape index (κ1) is 20.5. The number of ether oxygens (including phenoxy) is 1. The molecule has 0 aliphatic carbocycles. The molecule has 0 spiro atoms. The van der Waals surface area contributed by atoms with Crippen molar-refractivity contribution in [3.8, 4) is 11.8 Å². The molecule has 31 heavy (non-hydrogen) atoms. The van der Waals surface area contributed by atoms with Crippen LogP contribution in [0.2, 0.25) is 0 Å². The number of hydrogen-bond acceptors (Lipinski definition) is 4. The van der Waals surface area contributed by atoms with Crippen molar-refractivity contribution in [2.45, 2.75) is 50.5 Å². The minimum atomic E-state index is 0.342. The molecule has 162 valence electrons. The van der Waals surface area contributed by atoms with E-state index >= 15 is 0 Å². The van der Waals surface area contributed by atoms with Gasteiger partial charge in [-0.15, -0.1) is 0 Å². The zero-order valence-electron chi connectivity index (χ0n) is 18.4. The number of likely N-dealkylation sites (tertiary alicyclic amines) is 1. The van der Waals surface area contributed by atoms with Crippen LogP contribution >= 0.6 is 0 Å². The van der Waals surface area contributed by atoms with Gasteiger partial charge in [0.05, 0.1) is 18.2 Å². The summed E-state index contributed by atoms with van der Waals surface area (Å²) in [5, 5.41) is 9.16. The number of benzene rings is 2. The Morgan fingerprint density at radius 1 is 0.935 bits per heavy atom. The van der Waals surface area contributed by atoms with Crippen LogP contribution in [0, 0.1) is 11.3 Å². The van der Waals surface area contributed by atoms with E-state index < -0.39 is 0 Å². The molecule has 0 bridgehead atoms. The second kappa shape index (κ2) is 9.42. The fourth-order valence-corrected chi connectivity index (χ4v) is 5.71. The Morgan fingerprint density at radius 3 is 2.58 bits per heavy atom. The summed E-state index contributed by atoms with van der Waals surface area (Å²) >= 11 is 0. The first-order valence-electron chi connectivity index (χ1n) is 12.0. The van der Waals surface area contributed by atoms with Crippen LogP contribution in [0.15, 0.2) is 42.5 Å². The normalized spacial score (nSPS) is 23.7. The summed E-state index contributed by atoms with van der Waals surface area (Å²) in [4.78, 5) is 5.22. The maximum Gasteiger partial charge on any atom is 0.119 e. The summed E-state index contributed by atoms with van der Waals surface area (Å²) in [5.74, 6) is 1.34. The lowest BCUT2D eigenvalue weighted by molar-refractivity contribution is 0.204. The molecular formula is C27H33N3O. The number of piperidine rings is 1. The molecule has 3 heterocycles. The van der Waals surface area contributed by atoms with Gasteiger partial charge in [-0.25, -0.2) is 0 Å². The van der Waals surface area contributed by atoms with Crippen LogP contribution in [0.25, 0.3) is 0 Å². The van der Waals surface area contributed by atoms with E-state index in [1.165, 1.54) is 68.4 Å². The van der Waals surface area contributed by atoms with Crippen LogP contribution in [-0.2, 0) is 0 Å². The van der Waals surface area contributed by atoms with E-state index in [1.807, 2.05) is 12.1 Å². The van der Waals surface area contributed by atoms with Gasteiger partial charge in [-0.3, -0.25) is 4.90 Å². The van der Waals surface area contributed by atoms with Crippen molar-refractivity contribution >= 4 is 0 Å². The van der Waals surface area contributed by atoms with E-state index in [9.17, 15) is 0 Å². The molecule has 2 atom stereocenters. The SMILES string of the molecule is N#Cc1ccc([C@H]2CN3CCC[C@@H]3c3ccc(OCCCN4CCCCC4)cc32)cc1. The van der Waals surface area contributed by atoms with E-state index in [2.05, 4.69) is 46.2 Å². The predicted molar refractivity (Wildman–Crippen MR) is 123 cm³/mol. The van der Waals surface area contributed by atoms with Crippen molar-refractivity contribution in [2.24, 2.45) is 0 Å². The molecule has 3 aliphatic heterocycles. The van der Waals surface area contributed by atoms with E-state index in [4.69, 9.17) is 10.00 Å². The van der Waals surface area contributed by atoms with Crippen LogP contribution in [0.1, 0.15) is 72.7 Å². The van der Waals surface area contributed by atoms with Crippen LogP contribution in [0.5, 0.6) is 5.75 Å². The highest BCUT2D eigenvalue weighted by molar-refractivity contribution is 5.47. The molecular weight excluding hydrogens is 382 g/mol. The van der Waals surface area contributed by atoms with Gasteiger partial charge in [0.2, 0.25) is 0 Å². The molecule has 0 amide bonds. The highest BCUT2D eigenvalue weighted by atomic mass is 16.5. The summed E-state index contributed by atoms with van der Waals surface area (Å²) in [6, 6.07) is 17.8. The molecule has 5 rings (SSSR count). The summed E-state index contributed by atoms with van der Waals surface area (Å²) < 4.78 is 6.21. The Hall–Kier alpha value is -2.35. The monoisotopic (exact) mass is 415 g/mol. The maximum absolute atomic E-state index is 9.16. The second-order valence-corrected chi connectivity index (χ2v) is 9.33.